The van der Waals surface area contributed by atoms with Crippen LogP contribution >= 0.6 is 0 Å². The van der Waals surface area contributed by atoms with E-state index in [-0.39, 0.29) is 5.41 Å². The van der Waals surface area contributed by atoms with Crippen molar-refractivity contribution in [3.8, 4) is 0 Å². The summed E-state index contributed by atoms with van der Waals surface area (Å²) in [6.07, 6.45) is 13.1. The monoisotopic (exact) mass is 342 g/mol. The van der Waals surface area contributed by atoms with Gasteiger partial charge in [0.1, 0.15) is 0 Å². The molecule has 1 N–H and O–H groups in total. The number of methoxy groups -OCH3 is 1. The van der Waals surface area contributed by atoms with E-state index in [2.05, 4.69) is 31.2 Å². The number of benzene rings is 1. The normalized spacial score (nSPS) is 27.6. The molecule has 138 valence electrons. The number of hydrogen-bond acceptors (Lipinski definition) is 2. The molecule has 0 aliphatic heterocycles. The molecule has 1 saturated carbocycles. The molecule has 0 saturated heterocycles. The molecular weight excluding hydrogens is 308 g/mol. The molecular formula is C23H34O2. The van der Waals surface area contributed by atoms with E-state index in [4.69, 9.17) is 4.74 Å². The molecule has 0 amide bonds. The molecule has 1 aromatic carbocycles. The molecule has 25 heavy (non-hydrogen) atoms. The second-order valence-electron chi connectivity index (χ2n) is 8.46. The maximum atomic E-state index is 9.62. The number of aryl methyl sites for hydroxylation is 1. The summed E-state index contributed by atoms with van der Waals surface area (Å²) in [7, 11) is 1.78. The van der Waals surface area contributed by atoms with Crippen LogP contribution in [0.1, 0.15) is 74.5 Å². The molecule has 1 aromatic rings. The zero-order chi connectivity index (χ0) is 17.7. The number of aliphatic hydroxyl groups excluding tert-OH is 1. The Kier molecular flexibility index (Phi) is 6.35. The predicted octanol–water partition coefficient (Wildman–Crippen LogP) is 5.18. The van der Waals surface area contributed by atoms with Gasteiger partial charge in [0.05, 0.1) is 0 Å². The van der Waals surface area contributed by atoms with Gasteiger partial charge >= 0.3 is 0 Å². The number of ether oxygens (including phenoxy) is 1. The number of aliphatic hydroxyl groups is 1. The molecule has 0 heterocycles. The molecule has 2 nitrogen and oxygen atoms in total. The zero-order valence-corrected chi connectivity index (χ0v) is 16.0. The fraction of sp³-hybridized carbons (Fsp3) is 0.652. The van der Waals surface area contributed by atoms with E-state index in [9.17, 15) is 5.11 Å². The molecule has 2 heteroatoms. The van der Waals surface area contributed by atoms with Crippen LogP contribution in [-0.2, 0) is 17.6 Å². The molecule has 2 atom stereocenters. The van der Waals surface area contributed by atoms with E-state index >= 15 is 0 Å². The van der Waals surface area contributed by atoms with E-state index in [1.165, 1.54) is 43.2 Å². The second-order valence-corrected chi connectivity index (χ2v) is 8.46. The van der Waals surface area contributed by atoms with E-state index in [1.807, 2.05) is 0 Å². The summed E-state index contributed by atoms with van der Waals surface area (Å²) in [6, 6.07) is 7.20. The number of unbranched alkanes of at least 4 members (excludes halogenated alkanes) is 2. The van der Waals surface area contributed by atoms with Crippen LogP contribution in [0, 0.1) is 5.41 Å². The van der Waals surface area contributed by atoms with Crippen LogP contribution in [0.2, 0.25) is 0 Å². The smallest absolute Gasteiger partial charge is 0.0484 e. The first-order valence-electron chi connectivity index (χ1n) is 10.0. The molecule has 0 spiro atoms. The third kappa shape index (κ3) is 4.74. The maximum absolute atomic E-state index is 9.62. The topological polar surface area (TPSA) is 29.5 Å². The molecule has 0 aromatic heterocycles. The molecule has 2 aliphatic rings. The standard InChI is InChI=1S/C23H34O2/c1-23(17-24)12-11-22(16-23)21-10-9-19-14-18(7-8-20(19)15-21)6-4-3-5-13-25-2/h6,9-10,15,22,24H,3-5,7-8,11-14,16-17H2,1-2H3/b18-6-/t22-,23-/m0/s1. The highest BCUT2D eigenvalue weighted by atomic mass is 16.5. The van der Waals surface area contributed by atoms with Gasteiger partial charge in [-0.1, -0.05) is 36.8 Å². The van der Waals surface area contributed by atoms with Crippen molar-refractivity contribution in [2.24, 2.45) is 5.41 Å². The number of rotatable bonds is 7. The van der Waals surface area contributed by atoms with Gasteiger partial charge in [-0.2, -0.15) is 0 Å². The Bertz CT molecular complexity index is 604. The quantitative estimate of drug-likeness (QED) is 0.546. The first kappa shape index (κ1) is 18.7. The van der Waals surface area contributed by atoms with Crippen LogP contribution in [0.3, 0.4) is 0 Å². The second kappa shape index (κ2) is 8.51. The first-order chi connectivity index (χ1) is 12.1. The van der Waals surface area contributed by atoms with Gasteiger partial charge in [0, 0.05) is 20.3 Å². The summed E-state index contributed by atoms with van der Waals surface area (Å²) in [5, 5.41) is 9.62. The summed E-state index contributed by atoms with van der Waals surface area (Å²) in [5.74, 6) is 0.639. The summed E-state index contributed by atoms with van der Waals surface area (Å²) in [4.78, 5) is 0. The lowest BCUT2D eigenvalue weighted by Crippen LogP contribution is -2.16. The van der Waals surface area contributed by atoms with Crippen molar-refractivity contribution in [3.63, 3.8) is 0 Å². The van der Waals surface area contributed by atoms with Gasteiger partial charge in [0.2, 0.25) is 0 Å². The highest BCUT2D eigenvalue weighted by molar-refractivity contribution is 5.40. The minimum atomic E-state index is 0.138. The number of allylic oxidation sites excluding steroid dienone is 2. The minimum absolute atomic E-state index is 0.138. The van der Waals surface area contributed by atoms with Gasteiger partial charge < -0.3 is 9.84 Å². The molecule has 2 aliphatic carbocycles. The van der Waals surface area contributed by atoms with Crippen LogP contribution in [0.5, 0.6) is 0 Å². The minimum Gasteiger partial charge on any atom is -0.396 e. The van der Waals surface area contributed by atoms with Crippen LogP contribution in [0.4, 0.5) is 0 Å². The van der Waals surface area contributed by atoms with Crippen LogP contribution in [0.15, 0.2) is 29.8 Å². The predicted molar refractivity (Wildman–Crippen MR) is 104 cm³/mol. The SMILES string of the molecule is COCCCC/C=C1/CCc2cc([C@H]3CC[C@](C)(CO)C3)ccc2C1. The Balaban J connectivity index is 1.59. The summed E-state index contributed by atoms with van der Waals surface area (Å²) in [6.45, 7) is 3.44. The van der Waals surface area contributed by atoms with Crippen molar-refractivity contribution >= 4 is 0 Å². The zero-order valence-electron chi connectivity index (χ0n) is 16.0. The van der Waals surface area contributed by atoms with Gasteiger partial charge in [0.15, 0.2) is 0 Å². The van der Waals surface area contributed by atoms with Gasteiger partial charge in [-0.3, -0.25) is 0 Å². The molecule has 1 fully saturated rings. The van der Waals surface area contributed by atoms with Crippen molar-refractivity contribution in [1.29, 1.82) is 0 Å². The van der Waals surface area contributed by atoms with Crippen molar-refractivity contribution in [2.45, 2.75) is 70.6 Å². The summed E-state index contributed by atoms with van der Waals surface area (Å²) < 4.78 is 5.12. The van der Waals surface area contributed by atoms with Gasteiger partial charge in [0.25, 0.3) is 0 Å². The van der Waals surface area contributed by atoms with Crippen LogP contribution in [0.25, 0.3) is 0 Å². The maximum Gasteiger partial charge on any atom is 0.0484 e. The molecule has 0 bridgehead atoms. The average molecular weight is 343 g/mol. The van der Waals surface area contributed by atoms with Gasteiger partial charge in [-0.25, -0.2) is 0 Å². The lowest BCUT2D eigenvalue weighted by Gasteiger charge is -2.23. The summed E-state index contributed by atoms with van der Waals surface area (Å²) in [5.41, 5.74) is 6.35. The van der Waals surface area contributed by atoms with E-state index in [1.54, 1.807) is 18.2 Å². The van der Waals surface area contributed by atoms with Crippen LogP contribution < -0.4 is 0 Å². The lowest BCUT2D eigenvalue weighted by atomic mass is 9.83. The molecule has 3 rings (SSSR count). The van der Waals surface area contributed by atoms with Gasteiger partial charge in [-0.05, 0) is 85.8 Å². The third-order valence-corrected chi connectivity index (χ3v) is 6.29. The van der Waals surface area contributed by atoms with E-state index < -0.39 is 0 Å². The first-order valence-corrected chi connectivity index (χ1v) is 10.0. The fourth-order valence-corrected chi connectivity index (χ4v) is 4.55. The Hall–Kier alpha value is -1.12. The average Bonchev–Trinajstić information content (AvgIpc) is 3.04. The van der Waals surface area contributed by atoms with Crippen molar-refractivity contribution in [1.82, 2.24) is 0 Å². The van der Waals surface area contributed by atoms with Gasteiger partial charge in [-0.15, -0.1) is 0 Å². The van der Waals surface area contributed by atoms with E-state index in [0.29, 0.717) is 12.5 Å². The molecule has 0 radical (unpaired) electrons. The highest BCUT2D eigenvalue weighted by Gasteiger charge is 2.35. The summed E-state index contributed by atoms with van der Waals surface area (Å²) >= 11 is 0. The van der Waals surface area contributed by atoms with Crippen molar-refractivity contribution in [2.75, 3.05) is 20.3 Å². The van der Waals surface area contributed by atoms with E-state index in [0.717, 1.165) is 32.3 Å². The largest absolute Gasteiger partial charge is 0.396 e. The Morgan fingerprint density at radius 2 is 2.12 bits per heavy atom. The third-order valence-electron chi connectivity index (χ3n) is 6.29. The molecule has 0 unspecified atom stereocenters. The Morgan fingerprint density at radius 3 is 2.88 bits per heavy atom. The lowest BCUT2D eigenvalue weighted by molar-refractivity contribution is 0.147. The van der Waals surface area contributed by atoms with Crippen molar-refractivity contribution < 1.29 is 9.84 Å². The Labute approximate surface area is 153 Å². The number of hydrogen-bond donors (Lipinski definition) is 1. The fourth-order valence-electron chi connectivity index (χ4n) is 4.55. The number of fused-ring (bicyclic) bond motifs is 1. The highest BCUT2D eigenvalue weighted by Crippen LogP contribution is 2.46. The van der Waals surface area contributed by atoms with Crippen LogP contribution in [-0.4, -0.2) is 25.4 Å². The Morgan fingerprint density at radius 1 is 1.24 bits per heavy atom. The van der Waals surface area contributed by atoms with Crippen molar-refractivity contribution in [3.05, 3.63) is 46.5 Å².